The van der Waals surface area contributed by atoms with Crippen molar-refractivity contribution in [3.63, 3.8) is 0 Å². The van der Waals surface area contributed by atoms with Gasteiger partial charge in [0, 0.05) is 5.56 Å². The van der Waals surface area contributed by atoms with Crippen LogP contribution in [0.15, 0.2) is 42.5 Å². The Bertz CT molecular complexity index is 717. The molecule has 2 aromatic rings. The fourth-order valence-electron chi connectivity index (χ4n) is 2.23. The smallest absolute Gasteiger partial charge is 0.338 e. The number of carbonyl (C=O) groups excluding carboxylic acids is 2. The molecule has 1 atom stereocenters. The first-order chi connectivity index (χ1) is 10.9. The maximum absolute atomic E-state index is 12.5. The van der Waals surface area contributed by atoms with Crippen LogP contribution in [0.2, 0.25) is 0 Å². The van der Waals surface area contributed by atoms with E-state index in [0.717, 1.165) is 11.1 Å². The Morgan fingerprint density at radius 3 is 2.26 bits per heavy atom. The number of Topliss-reactive ketones (excluding diaryl/α,β-unsaturated/α-hetero) is 1. The topological polar surface area (TPSA) is 52.6 Å². The largest absolute Gasteiger partial charge is 0.497 e. The molecular weight excluding hydrogens is 292 g/mol. The Labute approximate surface area is 136 Å². The van der Waals surface area contributed by atoms with E-state index in [9.17, 15) is 9.59 Å². The molecule has 0 radical (unpaired) electrons. The zero-order valence-corrected chi connectivity index (χ0v) is 13.8. The van der Waals surface area contributed by atoms with Crippen molar-refractivity contribution in [3.05, 3.63) is 64.7 Å². The molecule has 0 fully saturated rings. The Balaban J connectivity index is 2.10. The van der Waals surface area contributed by atoms with Gasteiger partial charge in [-0.2, -0.15) is 0 Å². The van der Waals surface area contributed by atoms with Crippen LogP contribution in [0.4, 0.5) is 0 Å². The first kappa shape index (κ1) is 16.7. The van der Waals surface area contributed by atoms with Crippen LogP contribution in [0.3, 0.4) is 0 Å². The SMILES string of the molecule is COc1ccc(C(=O)O[C@@H](C)C(=O)c2cc(C)ccc2C)cc1. The van der Waals surface area contributed by atoms with Gasteiger partial charge < -0.3 is 9.47 Å². The van der Waals surface area contributed by atoms with Crippen LogP contribution < -0.4 is 4.74 Å². The van der Waals surface area contributed by atoms with Crippen LogP contribution in [-0.2, 0) is 4.74 Å². The second kappa shape index (κ2) is 7.09. The fraction of sp³-hybridized carbons (Fsp3) is 0.263. The number of esters is 1. The van der Waals surface area contributed by atoms with Crippen LogP contribution in [0.25, 0.3) is 0 Å². The molecule has 120 valence electrons. The van der Waals surface area contributed by atoms with Crippen LogP contribution in [-0.4, -0.2) is 25.0 Å². The lowest BCUT2D eigenvalue weighted by Crippen LogP contribution is -2.25. The van der Waals surface area contributed by atoms with Gasteiger partial charge in [0.2, 0.25) is 5.78 Å². The summed E-state index contributed by atoms with van der Waals surface area (Å²) in [4.78, 5) is 24.6. The number of benzene rings is 2. The Hall–Kier alpha value is -2.62. The number of aryl methyl sites for hydroxylation is 2. The number of ether oxygens (including phenoxy) is 2. The Morgan fingerprint density at radius 2 is 1.65 bits per heavy atom. The molecule has 0 unspecified atom stereocenters. The second-order valence-electron chi connectivity index (χ2n) is 5.46. The molecule has 0 aliphatic carbocycles. The summed E-state index contributed by atoms with van der Waals surface area (Å²) in [5.41, 5.74) is 2.83. The molecule has 4 heteroatoms. The van der Waals surface area contributed by atoms with E-state index in [-0.39, 0.29) is 5.78 Å². The maximum Gasteiger partial charge on any atom is 0.338 e. The average Bonchev–Trinajstić information content (AvgIpc) is 2.56. The standard InChI is InChI=1S/C19H20O4/c1-12-5-6-13(2)17(11-12)18(20)14(3)23-19(21)15-7-9-16(22-4)10-8-15/h5-11,14H,1-4H3/t14-/m0/s1. The van der Waals surface area contributed by atoms with Crippen LogP contribution in [0, 0.1) is 13.8 Å². The van der Waals surface area contributed by atoms with Crippen LogP contribution in [0.5, 0.6) is 5.75 Å². The fourth-order valence-corrected chi connectivity index (χ4v) is 2.23. The summed E-state index contributed by atoms with van der Waals surface area (Å²) in [6.07, 6.45) is -0.842. The lowest BCUT2D eigenvalue weighted by Gasteiger charge is -2.14. The van der Waals surface area contributed by atoms with Crippen molar-refractivity contribution in [2.24, 2.45) is 0 Å². The summed E-state index contributed by atoms with van der Waals surface area (Å²) in [7, 11) is 1.55. The van der Waals surface area contributed by atoms with Gasteiger partial charge in [-0.05, 0) is 56.7 Å². The highest BCUT2D eigenvalue weighted by molar-refractivity contribution is 6.02. The summed E-state index contributed by atoms with van der Waals surface area (Å²) < 4.78 is 10.3. The second-order valence-corrected chi connectivity index (χ2v) is 5.46. The number of carbonyl (C=O) groups is 2. The minimum Gasteiger partial charge on any atom is -0.497 e. The Morgan fingerprint density at radius 1 is 1.00 bits per heavy atom. The number of methoxy groups -OCH3 is 1. The molecule has 0 N–H and O–H groups in total. The summed E-state index contributed by atoms with van der Waals surface area (Å²) in [5, 5.41) is 0. The predicted octanol–water partition coefficient (Wildman–Crippen LogP) is 3.74. The minimum atomic E-state index is -0.842. The van der Waals surface area contributed by atoms with Crippen LogP contribution >= 0.6 is 0 Å². The summed E-state index contributed by atoms with van der Waals surface area (Å²) in [6, 6.07) is 12.2. The normalized spacial score (nSPS) is 11.7. The van der Waals surface area contributed by atoms with Crippen molar-refractivity contribution < 1.29 is 19.1 Å². The molecule has 0 bridgehead atoms. The van der Waals surface area contributed by atoms with Gasteiger partial charge in [-0.1, -0.05) is 17.7 Å². The quantitative estimate of drug-likeness (QED) is 0.623. The van der Waals surface area contributed by atoms with Gasteiger partial charge in [0.25, 0.3) is 0 Å². The summed E-state index contributed by atoms with van der Waals surface area (Å²) in [6.45, 7) is 5.38. The zero-order chi connectivity index (χ0) is 17.0. The van der Waals surface area contributed by atoms with E-state index in [4.69, 9.17) is 9.47 Å². The molecule has 0 amide bonds. The Kier molecular flexibility index (Phi) is 5.16. The third-order valence-electron chi connectivity index (χ3n) is 3.64. The maximum atomic E-state index is 12.5. The molecule has 0 aliphatic rings. The molecule has 0 heterocycles. The van der Waals surface area contributed by atoms with Gasteiger partial charge in [0.15, 0.2) is 6.10 Å². The highest BCUT2D eigenvalue weighted by Crippen LogP contribution is 2.16. The molecule has 0 aliphatic heterocycles. The minimum absolute atomic E-state index is 0.201. The predicted molar refractivity (Wildman–Crippen MR) is 88.1 cm³/mol. The van der Waals surface area contributed by atoms with Gasteiger partial charge in [0.1, 0.15) is 5.75 Å². The third-order valence-corrected chi connectivity index (χ3v) is 3.64. The first-order valence-corrected chi connectivity index (χ1v) is 7.39. The molecule has 2 rings (SSSR count). The highest BCUT2D eigenvalue weighted by atomic mass is 16.5. The molecule has 0 spiro atoms. The molecule has 2 aromatic carbocycles. The van der Waals surface area contributed by atoms with E-state index in [1.807, 2.05) is 32.0 Å². The molecule has 4 nitrogen and oxygen atoms in total. The van der Waals surface area contributed by atoms with Crippen molar-refractivity contribution in [2.75, 3.05) is 7.11 Å². The highest BCUT2D eigenvalue weighted by Gasteiger charge is 2.21. The van der Waals surface area contributed by atoms with E-state index in [2.05, 4.69) is 0 Å². The van der Waals surface area contributed by atoms with Crippen molar-refractivity contribution in [2.45, 2.75) is 26.9 Å². The van der Waals surface area contributed by atoms with Crippen LogP contribution in [0.1, 0.15) is 38.8 Å². The van der Waals surface area contributed by atoms with Crippen molar-refractivity contribution in [1.29, 1.82) is 0 Å². The molecular formula is C19H20O4. The lowest BCUT2D eigenvalue weighted by atomic mass is 9.99. The van der Waals surface area contributed by atoms with E-state index in [1.165, 1.54) is 0 Å². The van der Waals surface area contributed by atoms with Crippen molar-refractivity contribution in [1.82, 2.24) is 0 Å². The zero-order valence-electron chi connectivity index (χ0n) is 13.8. The molecule has 0 saturated heterocycles. The van der Waals surface area contributed by atoms with E-state index in [1.54, 1.807) is 38.3 Å². The number of hydrogen-bond acceptors (Lipinski definition) is 4. The van der Waals surface area contributed by atoms with Gasteiger partial charge in [-0.3, -0.25) is 4.79 Å². The molecule has 0 saturated carbocycles. The number of ketones is 1. The van der Waals surface area contributed by atoms with Crippen molar-refractivity contribution in [3.8, 4) is 5.75 Å². The third kappa shape index (κ3) is 3.97. The van der Waals surface area contributed by atoms with Gasteiger partial charge in [0.05, 0.1) is 12.7 Å². The number of hydrogen-bond donors (Lipinski definition) is 0. The number of rotatable bonds is 5. The average molecular weight is 312 g/mol. The monoisotopic (exact) mass is 312 g/mol. The molecule has 23 heavy (non-hydrogen) atoms. The van der Waals surface area contributed by atoms with Gasteiger partial charge in [-0.25, -0.2) is 4.79 Å². The molecule has 0 aromatic heterocycles. The van der Waals surface area contributed by atoms with Gasteiger partial charge >= 0.3 is 5.97 Å². The van der Waals surface area contributed by atoms with E-state index in [0.29, 0.717) is 16.9 Å². The van der Waals surface area contributed by atoms with E-state index < -0.39 is 12.1 Å². The van der Waals surface area contributed by atoms with Gasteiger partial charge in [-0.15, -0.1) is 0 Å². The summed E-state index contributed by atoms with van der Waals surface area (Å²) in [5.74, 6) is -0.0760. The summed E-state index contributed by atoms with van der Waals surface area (Å²) >= 11 is 0. The first-order valence-electron chi connectivity index (χ1n) is 7.39. The van der Waals surface area contributed by atoms with Crippen molar-refractivity contribution >= 4 is 11.8 Å². The van der Waals surface area contributed by atoms with E-state index >= 15 is 0 Å². The lowest BCUT2D eigenvalue weighted by molar-refractivity contribution is 0.0318.